The summed E-state index contributed by atoms with van der Waals surface area (Å²) in [6.45, 7) is 2.48. The Morgan fingerprint density at radius 3 is 1.89 bits per heavy atom. The minimum atomic E-state index is -0.413. The zero-order valence-corrected chi connectivity index (χ0v) is 31.7. The summed E-state index contributed by atoms with van der Waals surface area (Å²) in [6.07, 6.45) is 20.6. The molecule has 0 aromatic heterocycles. The molecule has 6 aromatic carbocycles. The van der Waals surface area contributed by atoms with Crippen molar-refractivity contribution in [1.82, 2.24) is 0 Å². The predicted molar refractivity (Wildman–Crippen MR) is 233 cm³/mol. The highest BCUT2D eigenvalue weighted by Crippen LogP contribution is 2.68. The lowest BCUT2D eigenvalue weighted by atomic mass is 9.61. The fourth-order valence-corrected chi connectivity index (χ4v) is 10.8. The number of rotatable bonds is 6. The van der Waals surface area contributed by atoms with Gasteiger partial charge in [0.1, 0.15) is 0 Å². The molecule has 0 aliphatic heterocycles. The number of hydrogen-bond donors (Lipinski definition) is 0. The molecule has 5 aliphatic rings. The molecule has 5 aliphatic carbocycles. The third kappa shape index (κ3) is 4.75. The van der Waals surface area contributed by atoms with Crippen LogP contribution in [-0.4, -0.2) is 0 Å². The highest BCUT2D eigenvalue weighted by atomic mass is 15.2. The van der Waals surface area contributed by atoms with Crippen molar-refractivity contribution in [3.8, 4) is 11.1 Å². The molecule has 4 unspecified atom stereocenters. The average molecular weight is 721 g/mol. The first-order chi connectivity index (χ1) is 27.7. The van der Waals surface area contributed by atoms with Crippen LogP contribution in [0.5, 0.6) is 0 Å². The van der Waals surface area contributed by atoms with E-state index in [1.165, 1.54) is 56.1 Å². The molecule has 2 nitrogen and oxygen atoms in total. The van der Waals surface area contributed by atoms with Crippen LogP contribution < -0.4 is 9.80 Å². The van der Waals surface area contributed by atoms with Gasteiger partial charge >= 0.3 is 0 Å². The van der Waals surface area contributed by atoms with Crippen LogP contribution in [0.1, 0.15) is 48.4 Å². The minimum absolute atomic E-state index is 0.111. The van der Waals surface area contributed by atoms with E-state index >= 15 is 0 Å². The molecule has 0 saturated carbocycles. The molecule has 0 bridgehead atoms. The topological polar surface area (TPSA) is 6.48 Å². The maximum Gasteiger partial charge on any atom is 0.0543 e. The number of hydrogen-bond acceptors (Lipinski definition) is 2. The van der Waals surface area contributed by atoms with E-state index in [9.17, 15) is 0 Å². The molecule has 0 saturated heterocycles. The molecule has 4 atom stereocenters. The molecular weight excluding hydrogens is 677 g/mol. The summed E-state index contributed by atoms with van der Waals surface area (Å²) in [4.78, 5) is 4.98. The molecule has 56 heavy (non-hydrogen) atoms. The normalized spacial score (nSPS) is 23.6. The van der Waals surface area contributed by atoms with Gasteiger partial charge in [-0.15, -0.1) is 0 Å². The average Bonchev–Trinajstić information content (AvgIpc) is 3.69. The van der Waals surface area contributed by atoms with E-state index < -0.39 is 5.41 Å². The first-order valence-corrected chi connectivity index (χ1v) is 20.2. The number of anilines is 4. The summed E-state index contributed by atoms with van der Waals surface area (Å²) in [7, 11) is 0. The van der Waals surface area contributed by atoms with Gasteiger partial charge in [0.05, 0.1) is 11.1 Å². The maximum absolute atomic E-state index is 2.64. The van der Waals surface area contributed by atoms with Gasteiger partial charge in [-0.1, -0.05) is 158 Å². The number of benzene rings is 6. The molecule has 0 amide bonds. The Morgan fingerprint density at radius 2 is 1.18 bits per heavy atom. The van der Waals surface area contributed by atoms with Gasteiger partial charge in [0.15, 0.2) is 0 Å². The van der Waals surface area contributed by atoms with Gasteiger partial charge in [-0.3, -0.25) is 0 Å². The zero-order valence-electron chi connectivity index (χ0n) is 31.7. The van der Waals surface area contributed by atoms with Crippen molar-refractivity contribution in [3.05, 3.63) is 239 Å². The lowest BCUT2D eigenvalue weighted by Gasteiger charge is -2.43. The Balaban J connectivity index is 1.16. The van der Waals surface area contributed by atoms with Gasteiger partial charge in [-0.05, 0) is 102 Å². The third-order valence-electron chi connectivity index (χ3n) is 13.2. The SMILES string of the molecule is CC12C=CC(N(C3=CCC4C=CCCC4=C3)c3ccccc3)=CC1C1(c3ccccc3-c3c(N(c4ccccc4)c4ccccc4)cccc31)c1ccccc12. The molecule has 2 heteroatoms. The highest BCUT2D eigenvalue weighted by Gasteiger charge is 2.62. The summed E-state index contributed by atoms with van der Waals surface area (Å²) in [6, 6.07) is 58.3. The van der Waals surface area contributed by atoms with Gasteiger partial charge < -0.3 is 9.80 Å². The van der Waals surface area contributed by atoms with Crippen LogP contribution in [0.15, 0.2) is 217 Å². The highest BCUT2D eigenvalue weighted by molar-refractivity contribution is 5.97. The second-order valence-electron chi connectivity index (χ2n) is 16.1. The molecule has 270 valence electrons. The van der Waals surface area contributed by atoms with E-state index in [0.717, 1.165) is 30.6 Å². The largest absolute Gasteiger partial charge is 0.311 e. The zero-order chi connectivity index (χ0) is 37.3. The molecule has 6 aromatic rings. The van der Waals surface area contributed by atoms with Crippen LogP contribution in [0.2, 0.25) is 0 Å². The van der Waals surface area contributed by atoms with Crippen molar-refractivity contribution >= 4 is 22.7 Å². The first-order valence-electron chi connectivity index (χ1n) is 20.2. The predicted octanol–water partition coefficient (Wildman–Crippen LogP) is 13.5. The van der Waals surface area contributed by atoms with Crippen LogP contribution in [0.4, 0.5) is 22.7 Å². The van der Waals surface area contributed by atoms with Crippen molar-refractivity contribution in [1.29, 1.82) is 0 Å². The summed E-state index contributed by atoms with van der Waals surface area (Å²) in [5, 5.41) is 0. The lowest BCUT2D eigenvalue weighted by molar-refractivity contribution is 0.369. The molecule has 0 fully saturated rings. The minimum Gasteiger partial charge on any atom is -0.311 e. The molecular formula is C54H44N2. The Kier molecular flexibility index (Phi) is 7.57. The van der Waals surface area contributed by atoms with E-state index in [2.05, 4.69) is 217 Å². The number of para-hydroxylation sites is 3. The van der Waals surface area contributed by atoms with E-state index in [4.69, 9.17) is 0 Å². The molecule has 0 N–H and O–H groups in total. The van der Waals surface area contributed by atoms with Gasteiger partial charge in [0, 0.05) is 51.3 Å². The fourth-order valence-electron chi connectivity index (χ4n) is 10.8. The standard InChI is InChI=1S/C54H44N2/c1-53-35-34-44(55(40-20-5-2-6-21-40)43-33-32-38-18-11-12-19-39(38)36-43)37-51(53)54(48-29-16-15-28-47(48)53)46-27-14-13-26-45(46)52-49(54)30-17-31-50(52)56(41-22-7-3-8-23-41)42-24-9-4-10-25-42/h2-11,13-18,20-31,33-38,51H,12,19,32H2,1H3. The van der Waals surface area contributed by atoms with Crippen LogP contribution in [0, 0.1) is 11.8 Å². The van der Waals surface area contributed by atoms with Gasteiger partial charge in [0.2, 0.25) is 0 Å². The van der Waals surface area contributed by atoms with Crippen LogP contribution in [-0.2, 0) is 10.8 Å². The number of fused-ring (bicyclic) bond motifs is 11. The van der Waals surface area contributed by atoms with Crippen LogP contribution >= 0.6 is 0 Å². The first kappa shape index (κ1) is 33.0. The number of nitrogens with zero attached hydrogens (tertiary/aromatic N) is 2. The maximum atomic E-state index is 2.64. The van der Waals surface area contributed by atoms with Crippen LogP contribution in [0.25, 0.3) is 11.1 Å². The summed E-state index contributed by atoms with van der Waals surface area (Å²) in [5.74, 6) is 0.629. The fraction of sp³-hybridized carbons (Fsp3) is 0.148. The van der Waals surface area contributed by atoms with E-state index in [0.29, 0.717) is 5.92 Å². The van der Waals surface area contributed by atoms with Crippen molar-refractivity contribution in [2.45, 2.75) is 37.0 Å². The third-order valence-corrected chi connectivity index (χ3v) is 13.2. The Bertz CT molecular complexity index is 2610. The van der Waals surface area contributed by atoms with E-state index in [-0.39, 0.29) is 11.3 Å². The summed E-state index contributed by atoms with van der Waals surface area (Å²) < 4.78 is 0. The molecule has 11 rings (SSSR count). The monoisotopic (exact) mass is 720 g/mol. The second-order valence-corrected chi connectivity index (χ2v) is 16.1. The lowest BCUT2D eigenvalue weighted by Crippen LogP contribution is -2.40. The Hall–Kier alpha value is -6.38. The Morgan fingerprint density at radius 1 is 0.571 bits per heavy atom. The summed E-state index contributed by atoms with van der Waals surface area (Å²) >= 11 is 0. The van der Waals surface area contributed by atoms with E-state index in [1.54, 1.807) is 5.57 Å². The van der Waals surface area contributed by atoms with Gasteiger partial charge in [0.25, 0.3) is 0 Å². The molecule has 0 heterocycles. The second kappa shape index (κ2) is 12.9. The molecule has 0 radical (unpaired) electrons. The summed E-state index contributed by atoms with van der Waals surface area (Å²) in [5.41, 5.74) is 16.3. The van der Waals surface area contributed by atoms with Crippen molar-refractivity contribution in [2.75, 3.05) is 9.80 Å². The number of allylic oxidation sites excluding steroid dienone is 8. The van der Waals surface area contributed by atoms with Gasteiger partial charge in [-0.2, -0.15) is 0 Å². The van der Waals surface area contributed by atoms with E-state index in [1.807, 2.05) is 0 Å². The van der Waals surface area contributed by atoms with Gasteiger partial charge in [-0.25, -0.2) is 0 Å². The smallest absolute Gasteiger partial charge is 0.0543 e. The van der Waals surface area contributed by atoms with Crippen LogP contribution in [0.3, 0.4) is 0 Å². The van der Waals surface area contributed by atoms with Crippen molar-refractivity contribution in [2.24, 2.45) is 11.8 Å². The van der Waals surface area contributed by atoms with Crippen molar-refractivity contribution in [3.63, 3.8) is 0 Å². The molecule has 1 spiro atoms. The van der Waals surface area contributed by atoms with Crippen molar-refractivity contribution < 1.29 is 0 Å². The Labute approximate surface area is 330 Å². The quantitative estimate of drug-likeness (QED) is 0.158.